The Kier molecular flexibility index (Phi) is 9.25. The maximum Gasteiger partial charge on any atom is 0.187 e. The van der Waals surface area contributed by atoms with Crippen molar-refractivity contribution in [2.24, 2.45) is 5.41 Å². The quantitative estimate of drug-likeness (QED) is 0.250. The van der Waals surface area contributed by atoms with Crippen LogP contribution in [0.25, 0.3) is 0 Å². The number of ether oxygens (including phenoxy) is 4. The third kappa shape index (κ3) is 6.37. The molecule has 0 bridgehead atoms. The molecule has 3 aliphatic rings. The lowest BCUT2D eigenvalue weighted by atomic mass is 9.72. The van der Waals surface area contributed by atoms with Crippen LogP contribution < -0.4 is 0 Å². The van der Waals surface area contributed by atoms with Crippen molar-refractivity contribution in [2.45, 2.75) is 102 Å². The van der Waals surface area contributed by atoms with E-state index in [4.69, 9.17) is 18.9 Å². The van der Waals surface area contributed by atoms with Crippen molar-refractivity contribution in [1.82, 2.24) is 0 Å². The van der Waals surface area contributed by atoms with E-state index in [0.717, 1.165) is 12.0 Å². The van der Waals surface area contributed by atoms with E-state index in [0.29, 0.717) is 12.0 Å². The smallest absolute Gasteiger partial charge is 0.187 e. The number of carbonyl (C=O) groups excluding carboxylic acids is 1. The third-order valence-corrected chi connectivity index (χ3v) is 6.96. The average molecular weight is 503 g/mol. The summed E-state index contributed by atoms with van der Waals surface area (Å²) < 4.78 is 22.0. The minimum Gasteiger partial charge on any atom is -0.388 e. The molecule has 1 aliphatic carbocycles. The molecule has 11 heteroatoms. The number of rotatable bonds is 7. The fourth-order valence-corrected chi connectivity index (χ4v) is 4.53. The average Bonchev–Trinajstić information content (AvgIpc) is 2.80. The Bertz CT molecular complexity index is 809. The molecule has 10 atom stereocenters. The van der Waals surface area contributed by atoms with Crippen molar-refractivity contribution >= 4 is 5.78 Å². The Labute approximate surface area is 204 Å². The molecule has 2 aliphatic heterocycles. The highest BCUT2D eigenvalue weighted by molar-refractivity contribution is 5.97. The second-order valence-corrected chi connectivity index (χ2v) is 10.1. The SMILES string of the molecule is CC1=C(C=CC(C)OC2OC(COC3OCC(O)C(O)C3O)C(O)C(O)C2O)C(C)(C)CCC1=O. The molecule has 0 spiro atoms. The zero-order valence-corrected chi connectivity index (χ0v) is 20.5. The number of hydrogen-bond acceptors (Lipinski definition) is 11. The van der Waals surface area contributed by atoms with Crippen LogP contribution >= 0.6 is 0 Å². The Balaban J connectivity index is 1.62. The van der Waals surface area contributed by atoms with E-state index in [1.54, 1.807) is 19.9 Å². The van der Waals surface area contributed by atoms with Gasteiger partial charge in [-0.15, -0.1) is 0 Å². The van der Waals surface area contributed by atoms with Crippen LogP contribution in [0, 0.1) is 5.41 Å². The predicted octanol–water partition coefficient (Wildman–Crippen LogP) is -1.08. The zero-order valence-electron chi connectivity index (χ0n) is 20.5. The Morgan fingerprint density at radius 2 is 1.69 bits per heavy atom. The topological polar surface area (TPSA) is 175 Å². The Morgan fingerprint density at radius 1 is 1.03 bits per heavy atom. The zero-order chi connectivity index (χ0) is 26.1. The summed E-state index contributed by atoms with van der Waals surface area (Å²) in [7, 11) is 0. The fourth-order valence-electron chi connectivity index (χ4n) is 4.53. The van der Waals surface area contributed by atoms with Gasteiger partial charge in [0.05, 0.1) is 19.3 Å². The van der Waals surface area contributed by atoms with E-state index < -0.39 is 61.4 Å². The fraction of sp³-hybridized carbons (Fsp3) is 0.792. The normalized spacial score (nSPS) is 41.4. The Hall–Kier alpha value is -1.25. The van der Waals surface area contributed by atoms with E-state index in [-0.39, 0.29) is 24.4 Å². The summed E-state index contributed by atoms with van der Waals surface area (Å²) in [5.41, 5.74) is 1.45. The van der Waals surface area contributed by atoms with Gasteiger partial charge in [0.1, 0.15) is 42.7 Å². The first-order valence-electron chi connectivity index (χ1n) is 11.9. The minimum atomic E-state index is -1.59. The number of ketones is 1. The highest BCUT2D eigenvalue weighted by Gasteiger charge is 2.46. The Morgan fingerprint density at radius 3 is 2.37 bits per heavy atom. The van der Waals surface area contributed by atoms with Gasteiger partial charge in [0.2, 0.25) is 0 Å². The van der Waals surface area contributed by atoms with E-state index in [2.05, 4.69) is 13.8 Å². The van der Waals surface area contributed by atoms with Gasteiger partial charge in [-0.2, -0.15) is 0 Å². The van der Waals surface area contributed by atoms with Crippen molar-refractivity contribution in [3.8, 4) is 0 Å². The molecule has 2 heterocycles. The van der Waals surface area contributed by atoms with Crippen LogP contribution in [0.4, 0.5) is 0 Å². The van der Waals surface area contributed by atoms with Gasteiger partial charge in [-0.1, -0.05) is 26.0 Å². The number of hydrogen-bond donors (Lipinski definition) is 6. The van der Waals surface area contributed by atoms with Gasteiger partial charge in [-0.3, -0.25) is 4.79 Å². The number of Topliss-reactive ketones (excluding diaryl/α,β-unsaturated/α-hetero) is 1. The van der Waals surface area contributed by atoms with Gasteiger partial charge in [-0.05, 0) is 36.8 Å². The van der Waals surface area contributed by atoms with Crippen LogP contribution in [0.5, 0.6) is 0 Å². The van der Waals surface area contributed by atoms with E-state index in [9.17, 15) is 35.4 Å². The molecular weight excluding hydrogens is 464 g/mol. The molecule has 2 fully saturated rings. The first-order chi connectivity index (χ1) is 16.3. The lowest BCUT2D eigenvalue weighted by Gasteiger charge is -2.42. The minimum absolute atomic E-state index is 0.109. The van der Waals surface area contributed by atoms with Gasteiger partial charge in [0.15, 0.2) is 18.4 Å². The number of carbonyl (C=O) groups is 1. The van der Waals surface area contributed by atoms with Gasteiger partial charge in [0.25, 0.3) is 0 Å². The third-order valence-electron chi connectivity index (χ3n) is 6.96. The van der Waals surface area contributed by atoms with Gasteiger partial charge < -0.3 is 49.6 Å². The molecule has 0 amide bonds. The maximum absolute atomic E-state index is 12.1. The van der Waals surface area contributed by atoms with Crippen molar-refractivity contribution in [3.63, 3.8) is 0 Å². The summed E-state index contributed by atoms with van der Waals surface area (Å²) in [6, 6.07) is 0. The summed E-state index contributed by atoms with van der Waals surface area (Å²) in [4.78, 5) is 12.1. The molecule has 3 rings (SSSR count). The molecule has 10 unspecified atom stereocenters. The summed E-state index contributed by atoms with van der Waals surface area (Å²) in [6.07, 6.45) is -8.41. The molecule has 0 aromatic carbocycles. The summed E-state index contributed by atoms with van der Waals surface area (Å²) in [5.74, 6) is 0.109. The molecule has 0 saturated carbocycles. The van der Waals surface area contributed by atoms with Crippen molar-refractivity contribution < 1.29 is 54.4 Å². The largest absolute Gasteiger partial charge is 0.388 e. The molecule has 6 N–H and O–H groups in total. The molecule has 200 valence electrons. The second-order valence-electron chi connectivity index (χ2n) is 10.1. The molecule has 0 aromatic heterocycles. The van der Waals surface area contributed by atoms with Gasteiger partial charge >= 0.3 is 0 Å². The molecule has 0 radical (unpaired) electrons. The number of allylic oxidation sites excluding steroid dienone is 3. The maximum atomic E-state index is 12.1. The lowest BCUT2D eigenvalue weighted by Crippen LogP contribution is -2.60. The van der Waals surface area contributed by atoms with Crippen LogP contribution in [-0.4, -0.2) is 111 Å². The van der Waals surface area contributed by atoms with Crippen LogP contribution in [0.1, 0.15) is 40.5 Å². The molecule has 35 heavy (non-hydrogen) atoms. The highest BCUT2D eigenvalue weighted by atomic mass is 16.7. The van der Waals surface area contributed by atoms with Crippen LogP contribution in [0.15, 0.2) is 23.3 Å². The molecular formula is C24H38O11. The lowest BCUT2D eigenvalue weighted by molar-refractivity contribution is -0.324. The second kappa shape index (κ2) is 11.4. The van der Waals surface area contributed by atoms with Crippen LogP contribution in [0.2, 0.25) is 0 Å². The van der Waals surface area contributed by atoms with E-state index >= 15 is 0 Å². The molecule has 0 aromatic rings. The van der Waals surface area contributed by atoms with Crippen molar-refractivity contribution in [1.29, 1.82) is 0 Å². The highest BCUT2D eigenvalue weighted by Crippen LogP contribution is 2.39. The summed E-state index contributed by atoms with van der Waals surface area (Å²) in [5, 5.41) is 60.3. The number of aliphatic hydroxyl groups is 6. The van der Waals surface area contributed by atoms with Gasteiger partial charge in [-0.25, -0.2) is 0 Å². The van der Waals surface area contributed by atoms with Crippen molar-refractivity contribution in [3.05, 3.63) is 23.3 Å². The first-order valence-corrected chi connectivity index (χ1v) is 11.9. The van der Waals surface area contributed by atoms with E-state index in [1.807, 2.05) is 6.08 Å². The summed E-state index contributed by atoms with van der Waals surface area (Å²) >= 11 is 0. The number of aliphatic hydroxyl groups excluding tert-OH is 6. The predicted molar refractivity (Wildman–Crippen MR) is 121 cm³/mol. The standard InChI is InChI=1S/C24H38O11/c1-11(5-6-13-12(2)14(25)7-8-24(13,3)4)34-23-21(31)19(29)18(28)16(35-23)10-33-22-20(30)17(27)15(26)9-32-22/h5-6,11,15-23,26-31H,7-10H2,1-4H3. The van der Waals surface area contributed by atoms with Crippen LogP contribution in [-0.2, 0) is 23.7 Å². The molecule has 2 saturated heterocycles. The molecule has 11 nitrogen and oxygen atoms in total. The first kappa shape index (κ1) is 28.3. The van der Waals surface area contributed by atoms with Crippen LogP contribution in [0.3, 0.4) is 0 Å². The summed E-state index contributed by atoms with van der Waals surface area (Å²) in [6.45, 7) is 7.03. The monoisotopic (exact) mass is 502 g/mol. The van der Waals surface area contributed by atoms with Crippen molar-refractivity contribution in [2.75, 3.05) is 13.2 Å². The van der Waals surface area contributed by atoms with Gasteiger partial charge in [0, 0.05) is 6.42 Å². The van der Waals surface area contributed by atoms with E-state index in [1.165, 1.54) is 0 Å².